The minimum Gasteiger partial charge on any atom is -0.396 e. The highest BCUT2D eigenvalue weighted by molar-refractivity contribution is 5.82. The van der Waals surface area contributed by atoms with Gasteiger partial charge in [0, 0.05) is 32.2 Å². The summed E-state index contributed by atoms with van der Waals surface area (Å²) >= 11 is 0. The lowest BCUT2D eigenvalue weighted by Crippen LogP contribution is -2.49. The van der Waals surface area contributed by atoms with Gasteiger partial charge in [-0.2, -0.15) is 0 Å². The van der Waals surface area contributed by atoms with Crippen LogP contribution in [0.5, 0.6) is 0 Å². The van der Waals surface area contributed by atoms with Crippen molar-refractivity contribution in [3.05, 3.63) is 0 Å². The Morgan fingerprint density at radius 3 is 2.48 bits per heavy atom. The van der Waals surface area contributed by atoms with Gasteiger partial charge in [0.1, 0.15) is 0 Å². The molecule has 0 aliphatic carbocycles. The van der Waals surface area contributed by atoms with Crippen LogP contribution in [-0.2, 0) is 9.59 Å². The molecule has 21 heavy (non-hydrogen) atoms. The topological polar surface area (TPSA) is 95.7 Å². The van der Waals surface area contributed by atoms with Crippen LogP contribution < -0.4 is 11.1 Å². The maximum atomic E-state index is 12.2. The average molecular weight is 299 g/mol. The Kier molecular flexibility index (Phi) is 7.67. The molecular weight excluding hydrogens is 270 g/mol. The number of carbonyl (C=O) groups is 2. The second-order valence-corrected chi connectivity index (χ2v) is 6.20. The minimum atomic E-state index is -0.431. The number of amides is 2. The summed E-state index contributed by atoms with van der Waals surface area (Å²) in [6, 6.07) is -0.431. The Labute approximate surface area is 127 Å². The van der Waals surface area contributed by atoms with E-state index in [-0.39, 0.29) is 24.3 Å². The van der Waals surface area contributed by atoms with Gasteiger partial charge in [-0.3, -0.25) is 9.59 Å². The van der Waals surface area contributed by atoms with Gasteiger partial charge in [0.2, 0.25) is 11.8 Å². The predicted molar refractivity (Wildman–Crippen MR) is 81.4 cm³/mol. The minimum absolute atomic E-state index is 0.00263. The van der Waals surface area contributed by atoms with Crippen LogP contribution in [0.2, 0.25) is 0 Å². The van der Waals surface area contributed by atoms with E-state index in [1.807, 2.05) is 0 Å². The van der Waals surface area contributed by atoms with Gasteiger partial charge in [0.15, 0.2) is 0 Å². The van der Waals surface area contributed by atoms with E-state index in [1.165, 1.54) is 0 Å². The van der Waals surface area contributed by atoms with Crippen LogP contribution in [0.1, 0.15) is 39.5 Å². The van der Waals surface area contributed by atoms with Crippen LogP contribution in [0.3, 0.4) is 0 Å². The maximum absolute atomic E-state index is 12.2. The zero-order valence-electron chi connectivity index (χ0n) is 13.2. The van der Waals surface area contributed by atoms with E-state index in [4.69, 9.17) is 10.8 Å². The van der Waals surface area contributed by atoms with E-state index in [0.29, 0.717) is 51.2 Å². The van der Waals surface area contributed by atoms with E-state index in [1.54, 1.807) is 4.90 Å². The number of likely N-dealkylation sites (tertiary alicyclic amines) is 1. The van der Waals surface area contributed by atoms with E-state index in [2.05, 4.69) is 19.2 Å². The number of piperidine rings is 1. The molecule has 1 heterocycles. The zero-order chi connectivity index (χ0) is 15.8. The number of aliphatic hydroxyl groups excluding tert-OH is 1. The summed E-state index contributed by atoms with van der Waals surface area (Å²) < 4.78 is 0. The van der Waals surface area contributed by atoms with Gasteiger partial charge in [-0.1, -0.05) is 13.8 Å². The Morgan fingerprint density at radius 1 is 1.33 bits per heavy atom. The van der Waals surface area contributed by atoms with Crippen LogP contribution in [0.15, 0.2) is 0 Å². The largest absolute Gasteiger partial charge is 0.396 e. The van der Waals surface area contributed by atoms with Crippen molar-refractivity contribution in [3.8, 4) is 0 Å². The Hall–Kier alpha value is -1.14. The summed E-state index contributed by atoms with van der Waals surface area (Å²) in [6.45, 7) is 5.90. The smallest absolute Gasteiger partial charge is 0.239 e. The Bertz CT molecular complexity index is 339. The van der Waals surface area contributed by atoms with Gasteiger partial charge < -0.3 is 21.1 Å². The predicted octanol–water partition coefficient (Wildman–Crippen LogP) is 0.0970. The third kappa shape index (κ3) is 6.01. The van der Waals surface area contributed by atoms with Gasteiger partial charge in [0.25, 0.3) is 0 Å². The molecule has 2 amide bonds. The van der Waals surface area contributed by atoms with Crippen molar-refractivity contribution in [2.75, 3.05) is 26.2 Å². The highest BCUT2D eigenvalue weighted by Crippen LogP contribution is 2.18. The van der Waals surface area contributed by atoms with Gasteiger partial charge in [-0.15, -0.1) is 0 Å². The number of aliphatic hydroxyl groups is 1. The highest BCUT2D eigenvalue weighted by Gasteiger charge is 2.29. The molecule has 1 saturated heterocycles. The Balaban J connectivity index is 2.34. The zero-order valence-corrected chi connectivity index (χ0v) is 13.2. The molecule has 0 bridgehead atoms. The molecule has 1 fully saturated rings. The summed E-state index contributed by atoms with van der Waals surface area (Å²) in [4.78, 5) is 25.9. The lowest BCUT2D eigenvalue weighted by molar-refractivity contribution is -0.137. The van der Waals surface area contributed by atoms with Crippen molar-refractivity contribution in [2.24, 2.45) is 17.6 Å². The first kappa shape index (κ1) is 17.9. The molecule has 0 unspecified atom stereocenters. The number of hydrogen-bond donors (Lipinski definition) is 3. The average Bonchev–Trinajstić information content (AvgIpc) is 2.46. The molecule has 1 aliphatic rings. The van der Waals surface area contributed by atoms with Crippen LogP contribution in [0, 0.1) is 11.8 Å². The molecule has 0 aromatic heterocycles. The van der Waals surface area contributed by atoms with Gasteiger partial charge >= 0.3 is 0 Å². The Morgan fingerprint density at radius 2 is 1.95 bits per heavy atom. The summed E-state index contributed by atoms with van der Waals surface area (Å²) in [7, 11) is 0. The number of carbonyl (C=O) groups excluding carboxylic acids is 2. The molecule has 0 aromatic carbocycles. The lowest BCUT2D eigenvalue weighted by Gasteiger charge is -2.33. The standard InChI is InChI=1S/C15H29N3O3/c1-11(2)10-13(16)15(21)18-7-4-12(5-8-18)14(20)17-6-3-9-19/h11-13,19H,3-10,16H2,1-2H3,(H,17,20)/t13-/m0/s1. The molecule has 6 nitrogen and oxygen atoms in total. The molecule has 0 spiro atoms. The van der Waals surface area contributed by atoms with E-state index in [0.717, 1.165) is 0 Å². The van der Waals surface area contributed by atoms with Crippen molar-refractivity contribution >= 4 is 11.8 Å². The molecule has 1 rings (SSSR count). The van der Waals surface area contributed by atoms with Gasteiger partial charge in [0.05, 0.1) is 6.04 Å². The second kappa shape index (κ2) is 9.00. The molecule has 0 aromatic rings. The van der Waals surface area contributed by atoms with E-state index < -0.39 is 6.04 Å². The van der Waals surface area contributed by atoms with Crippen LogP contribution >= 0.6 is 0 Å². The number of nitrogens with zero attached hydrogens (tertiary/aromatic N) is 1. The van der Waals surface area contributed by atoms with Gasteiger partial charge in [-0.05, 0) is 31.6 Å². The summed E-state index contributed by atoms with van der Waals surface area (Å²) in [5.74, 6) is 0.401. The maximum Gasteiger partial charge on any atom is 0.239 e. The normalized spacial score (nSPS) is 17.9. The first-order chi connectivity index (χ1) is 9.95. The number of rotatable bonds is 7. The first-order valence-corrected chi connectivity index (χ1v) is 7.88. The van der Waals surface area contributed by atoms with Crippen molar-refractivity contribution in [1.82, 2.24) is 10.2 Å². The first-order valence-electron chi connectivity index (χ1n) is 7.88. The van der Waals surface area contributed by atoms with Gasteiger partial charge in [-0.25, -0.2) is 0 Å². The number of hydrogen-bond acceptors (Lipinski definition) is 4. The molecule has 1 atom stereocenters. The molecule has 6 heteroatoms. The quantitative estimate of drug-likeness (QED) is 0.581. The lowest BCUT2D eigenvalue weighted by atomic mass is 9.94. The third-order valence-electron chi connectivity index (χ3n) is 3.85. The number of nitrogens with two attached hydrogens (primary N) is 1. The summed E-state index contributed by atoms with van der Waals surface area (Å²) in [5, 5.41) is 11.5. The highest BCUT2D eigenvalue weighted by atomic mass is 16.3. The fourth-order valence-corrected chi connectivity index (χ4v) is 2.64. The fraction of sp³-hybridized carbons (Fsp3) is 0.867. The third-order valence-corrected chi connectivity index (χ3v) is 3.85. The van der Waals surface area contributed by atoms with Crippen LogP contribution in [0.25, 0.3) is 0 Å². The van der Waals surface area contributed by atoms with Crippen molar-refractivity contribution < 1.29 is 14.7 Å². The van der Waals surface area contributed by atoms with Crippen molar-refractivity contribution in [3.63, 3.8) is 0 Å². The SMILES string of the molecule is CC(C)C[C@H](N)C(=O)N1CCC(C(=O)NCCCO)CC1. The van der Waals surface area contributed by atoms with E-state index in [9.17, 15) is 9.59 Å². The van der Waals surface area contributed by atoms with Crippen LogP contribution in [-0.4, -0.2) is 54.1 Å². The number of nitrogens with one attached hydrogen (secondary N) is 1. The molecule has 1 aliphatic heterocycles. The molecular formula is C15H29N3O3. The second-order valence-electron chi connectivity index (χ2n) is 6.20. The summed E-state index contributed by atoms with van der Waals surface area (Å²) in [6.07, 6.45) is 2.64. The molecule has 4 N–H and O–H groups in total. The molecule has 0 saturated carbocycles. The molecule has 0 radical (unpaired) electrons. The monoisotopic (exact) mass is 299 g/mol. The van der Waals surface area contributed by atoms with E-state index >= 15 is 0 Å². The summed E-state index contributed by atoms with van der Waals surface area (Å²) in [5.41, 5.74) is 5.93. The van der Waals surface area contributed by atoms with Crippen molar-refractivity contribution in [2.45, 2.75) is 45.6 Å². The molecule has 122 valence electrons. The van der Waals surface area contributed by atoms with Crippen LogP contribution in [0.4, 0.5) is 0 Å². The fourth-order valence-electron chi connectivity index (χ4n) is 2.64. The van der Waals surface area contributed by atoms with Crippen molar-refractivity contribution in [1.29, 1.82) is 0 Å².